The third-order valence-electron chi connectivity index (χ3n) is 4.19. The number of hydrogen-bond donors (Lipinski definition) is 2. The van der Waals surface area contributed by atoms with E-state index in [4.69, 9.17) is 5.11 Å². The van der Waals surface area contributed by atoms with Crippen LogP contribution in [0.5, 0.6) is 0 Å². The average molecular weight is 353 g/mol. The van der Waals surface area contributed by atoms with Crippen molar-refractivity contribution >= 4 is 11.6 Å². The molecule has 7 heteroatoms. The summed E-state index contributed by atoms with van der Waals surface area (Å²) in [6.45, 7) is 16.9. The lowest BCUT2D eigenvalue weighted by Gasteiger charge is -2.35. The van der Waals surface area contributed by atoms with E-state index in [9.17, 15) is 0 Å². The minimum absolute atomic E-state index is 0.237. The zero-order chi connectivity index (χ0) is 18.5. The van der Waals surface area contributed by atoms with Crippen LogP contribution in [0.1, 0.15) is 27.7 Å². The maximum absolute atomic E-state index is 9.00. The molecule has 0 amide bonds. The Hall–Kier alpha value is -1.44. The van der Waals surface area contributed by atoms with E-state index in [1.54, 1.807) is 6.33 Å². The molecule has 2 saturated heterocycles. The highest BCUT2D eigenvalue weighted by molar-refractivity contribution is 5.50. The topological polar surface area (TPSA) is 67.8 Å². The predicted molar refractivity (Wildman–Crippen MR) is 106 cm³/mol. The molecule has 0 saturated carbocycles. The minimum Gasteiger partial charge on any atom is -0.395 e. The number of piperazine rings is 2. The molecule has 3 heterocycles. The molecule has 1 aromatic rings. The quantitative estimate of drug-likeness (QED) is 0.839. The van der Waals surface area contributed by atoms with Gasteiger partial charge in [-0.15, -0.1) is 0 Å². The second-order valence-corrected chi connectivity index (χ2v) is 5.52. The van der Waals surface area contributed by atoms with Crippen molar-refractivity contribution in [3.63, 3.8) is 0 Å². The summed E-state index contributed by atoms with van der Waals surface area (Å²) >= 11 is 0. The number of β-amino-alcohol motifs (C(OH)–C–C–N with tert-alkyl or cyclic N) is 1. The van der Waals surface area contributed by atoms with E-state index < -0.39 is 0 Å². The maximum atomic E-state index is 9.00. The van der Waals surface area contributed by atoms with Gasteiger partial charge in [0.1, 0.15) is 18.0 Å². The first-order valence-corrected chi connectivity index (χ1v) is 9.73. The first kappa shape index (κ1) is 21.6. The summed E-state index contributed by atoms with van der Waals surface area (Å²) in [5, 5.41) is 12.4. The number of hydrogen-bond acceptors (Lipinski definition) is 7. The molecule has 0 aliphatic carbocycles. The van der Waals surface area contributed by atoms with E-state index in [0.717, 1.165) is 70.5 Å². The number of nitrogens with one attached hydrogen (secondary N) is 1. The maximum Gasteiger partial charge on any atom is 0.134 e. The van der Waals surface area contributed by atoms with Crippen LogP contribution >= 0.6 is 0 Å². The Balaban J connectivity index is 0.000000730. The summed E-state index contributed by atoms with van der Waals surface area (Å²) in [6.07, 6.45) is 1.67. The van der Waals surface area contributed by atoms with Gasteiger partial charge in [-0.2, -0.15) is 0 Å². The molecule has 2 aliphatic rings. The molecule has 0 unspecified atom stereocenters. The largest absolute Gasteiger partial charge is 0.395 e. The van der Waals surface area contributed by atoms with Crippen molar-refractivity contribution in [3.8, 4) is 0 Å². The summed E-state index contributed by atoms with van der Waals surface area (Å²) in [4.78, 5) is 15.8. The molecule has 2 N–H and O–H groups in total. The van der Waals surface area contributed by atoms with Crippen molar-refractivity contribution in [1.82, 2.24) is 20.2 Å². The summed E-state index contributed by atoms with van der Waals surface area (Å²) in [7, 11) is 0. The number of rotatable bonds is 4. The molecule has 144 valence electrons. The third-order valence-corrected chi connectivity index (χ3v) is 4.19. The van der Waals surface area contributed by atoms with Crippen LogP contribution in [0.2, 0.25) is 0 Å². The number of aromatic nitrogens is 2. The molecule has 3 rings (SSSR count). The Morgan fingerprint density at radius 3 is 1.92 bits per heavy atom. The van der Waals surface area contributed by atoms with Crippen molar-refractivity contribution in [1.29, 1.82) is 0 Å². The van der Waals surface area contributed by atoms with Crippen LogP contribution in [0.4, 0.5) is 11.6 Å². The normalized spacial score (nSPS) is 18.0. The summed E-state index contributed by atoms with van der Waals surface area (Å²) < 4.78 is 0. The molecule has 2 fully saturated rings. The van der Waals surface area contributed by atoms with Gasteiger partial charge in [-0.05, 0) is 0 Å². The minimum atomic E-state index is 0.237. The smallest absolute Gasteiger partial charge is 0.134 e. The fourth-order valence-corrected chi connectivity index (χ4v) is 2.92. The summed E-state index contributed by atoms with van der Waals surface area (Å²) in [6, 6.07) is 2.10. The van der Waals surface area contributed by atoms with Gasteiger partial charge in [0, 0.05) is 65.0 Å². The Bertz CT molecular complexity index is 445. The van der Waals surface area contributed by atoms with E-state index in [-0.39, 0.29) is 6.61 Å². The van der Waals surface area contributed by atoms with Gasteiger partial charge in [-0.3, -0.25) is 4.90 Å². The second-order valence-electron chi connectivity index (χ2n) is 5.52. The summed E-state index contributed by atoms with van der Waals surface area (Å²) in [5.41, 5.74) is 0. The van der Waals surface area contributed by atoms with Crippen LogP contribution in [-0.2, 0) is 0 Å². The van der Waals surface area contributed by atoms with E-state index in [1.165, 1.54) is 0 Å². The van der Waals surface area contributed by atoms with Crippen LogP contribution in [0.3, 0.4) is 0 Å². The van der Waals surface area contributed by atoms with Crippen LogP contribution in [0.25, 0.3) is 0 Å². The van der Waals surface area contributed by atoms with E-state index in [0.29, 0.717) is 0 Å². The highest BCUT2D eigenvalue weighted by Crippen LogP contribution is 2.19. The lowest BCUT2D eigenvalue weighted by atomic mass is 10.3. The lowest BCUT2D eigenvalue weighted by molar-refractivity contribution is 0.188. The summed E-state index contributed by atoms with van der Waals surface area (Å²) in [5.74, 6) is 2.04. The molecule has 25 heavy (non-hydrogen) atoms. The predicted octanol–water partition coefficient (Wildman–Crippen LogP) is 1.05. The number of aliphatic hydroxyl groups excluding tert-OH is 1. The molecule has 7 nitrogen and oxygen atoms in total. The van der Waals surface area contributed by atoms with Crippen molar-refractivity contribution in [2.45, 2.75) is 27.7 Å². The molecule has 0 radical (unpaired) electrons. The van der Waals surface area contributed by atoms with Gasteiger partial charge in [0.25, 0.3) is 0 Å². The second kappa shape index (κ2) is 12.9. The Kier molecular flexibility index (Phi) is 11.1. The van der Waals surface area contributed by atoms with E-state index >= 15 is 0 Å². The lowest BCUT2D eigenvalue weighted by Crippen LogP contribution is -2.47. The number of aliphatic hydroxyl groups is 1. The molecular formula is C18H36N6O. The molecule has 0 aromatic carbocycles. The van der Waals surface area contributed by atoms with Crippen LogP contribution in [-0.4, -0.2) is 85.5 Å². The first-order chi connectivity index (χ1) is 12.4. The first-order valence-electron chi connectivity index (χ1n) is 9.73. The molecule has 0 bridgehead atoms. The number of nitrogens with zero attached hydrogens (tertiary/aromatic N) is 5. The van der Waals surface area contributed by atoms with Gasteiger partial charge in [0.15, 0.2) is 0 Å². The van der Waals surface area contributed by atoms with Crippen LogP contribution < -0.4 is 15.1 Å². The van der Waals surface area contributed by atoms with Crippen molar-refractivity contribution in [2.75, 3.05) is 75.3 Å². The number of anilines is 2. The highest BCUT2D eigenvalue weighted by atomic mass is 16.3. The SMILES string of the molecule is CC.CC.OCCN1CCN(c2cc(N3CCNCC3)ncn2)CC1. The Labute approximate surface area is 153 Å². The standard InChI is InChI=1S/C14H24N6O.2C2H6/c21-10-9-18-5-7-20(8-6-18)14-11-13(16-12-17-14)19-3-1-15-2-4-19;2*1-2/h11-12,15,21H,1-10H2;2*1-2H3. The molecular weight excluding hydrogens is 316 g/mol. The van der Waals surface area contributed by atoms with Gasteiger partial charge < -0.3 is 20.2 Å². The Morgan fingerprint density at radius 1 is 0.880 bits per heavy atom. The van der Waals surface area contributed by atoms with Crippen LogP contribution in [0, 0.1) is 0 Å². The average Bonchev–Trinajstić information content (AvgIpc) is 2.73. The van der Waals surface area contributed by atoms with Crippen molar-refractivity contribution < 1.29 is 5.11 Å². The van der Waals surface area contributed by atoms with Gasteiger partial charge in [-0.25, -0.2) is 9.97 Å². The zero-order valence-corrected chi connectivity index (χ0v) is 16.4. The zero-order valence-electron chi connectivity index (χ0n) is 16.4. The van der Waals surface area contributed by atoms with Gasteiger partial charge >= 0.3 is 0 Å². The van der Waals surface area contributed by atoms with Crippen molar-refractivity contribution in [3.05, 3.63) is 12.4 Å². The van der Waals surface area contributed by atoms with Crippen molar-refractivity contribution in [2.24, 2.45) is 0 Å². The van der Waals surface area contributed by atoms with E-state index in [2.05, 4.69) is 36.1 Å². The third kappa shape index (κ3) is 6.76. The van der Waals surface area contributed by atoms with Gasteiger partial charge in [0.05, 0.1) is 6.61 Å². The highest BCUT2D eigenvalue weighted by Gasteiger charge is 2.19. The molecule has 0 atom stereocenters. The van der Waals surface area contributed by atoms with Crippen LogP contribution in [0.15, 0.2) is 12.4 Å². The molecule has 2 aliphatic heterocycles. The monoisotopic (exact) mass is 352 g/mol. The van der Waals surface area contributed by atoms with E-state index in [1.807, 2.05) is 27.7 Å². The fourth-order valence-electron chi connectivity index (χ4n) is 2.92. The fraction of sp³-hybridized carbons (Fsp3) is 0.778. The Morgan fingerprint density at radius 2 is 1.40 bits per heavy atom. The molecule has 1 aromatic heterocycles. The van der Waals surface area contributed by atoms with Gasteiger partial charge in [-0.1, -0.05) is 27.7 Å². The molecule has 0 spiro atoms. The van der Waals surface area contributed by atoms with Gasteiger partial charge in [0.2, 0.25) is 0 Å².